The van der Waals surface area contributed by atoms with E-state index in [1.54, 1.807) is 43.5 Å². The number of nitrogens with one attached hydrogen (secondary N) is 1. The number of carbonyl (C=O) groups excluding carboxylic acids is 1. The van der Waals surface area contributed by atoms with E-state index in [9.17, 15) is 9.18 Å². The first-order valence-corrected chi connectivity index (χ1v) is 9.00. The molecule has 0 aliphatic carbocycles. The summed E-state index contributed by atoms with van der Waals surface area (Å²) in [6.07, 6.45) is 0.632. The van der Waals surface area contributed by atoms with E-state index in [1.165, 1.54) is 12.1 Å². The zero-order valence-electron chi connectivity index (χ0n) is 16.0. The average Bonchev–Trinajstić information content (AvgIpc) is 3.18. The third kappa shape index (κ3) is 4.73. The lowest BCUT2D eigenvalue weighted by molar-refractivity contribution is 0.0922. The third-order valence-electron chi connectivity index (χ3n) is 4.21. The van der Waals surface area contributed by atoms with Crippen molar-refractivity contribution in [1.29, 1.82) is 0 Å². The van der Waals surface area contributed by atoms with Crippen LogP contribution in [0.2, 0.25) is 0 Å². The average molecular weight is 383 g/mol. The minimum Gasteiger partial charge on any atom is -0.497 e. The SMILES string of the molecule is COc1ccc(C(=O)N[C@@H](CC(C)C)c2nc(-c3ccc(F)cc3)no2)cc1. The van der Waals surface area contributed by atoms with Crippen LogP contribution in [-0.2, 0) is 0 Å². The maximum atomic E-state index is 13.1. The van der Waals surface area contributed by atoms with Crippen molar-refractivity contribution >= 4 is 5.91 Å². The van der Waals surface area contributed by atoms with E-state index in [2.05, 4.69) is 15.5 Å². The van der Waals surface area contributed by atoms with Gasteiger partial charge in [0.1, 0.15) is 17.6 Å². The van der Waals surface area contributed by atoms with E-state index >= 15 is 0 Å². The van der Waals surface area contributed by atoms with Crippen molar-refractivity contribution in [1.82, 2.24) is 15.5 Å². The molecule has 0 aliphatic rings. The maximum absolute atomic E-state index is 13.1. The number of methoxy groups -OCH3 is 1. The standard InChI is InChI=1S/C21H22FN3O3/c1-13(2)12-18(23-20(26)15-6-10-17(27-3)11-7-15)21-24-19(25-28-21)14-4-8-16(22)9-5-14/h4-11,13,18H,12H2,1-3H3,(H,23,26)/t18-/m0/s1. The van der Waals surface area contributed by atoms with Gasteiger partial charge in [0.2, 0.25) is 11.7 Å². The minimum atomic E-state index is -0.434. The Kier molecular flexibility index (Phi) is 6.03. The molecule has 0 saturated heterocycles. The first-order chi connectivity index (χ1) is 13.5. The van der Waals surface area contributed by atoms with E-state index in [1.807, 2.05) is 13.8 Å². The van der Waals surface area contributed by atoms with Crippen LogP contribution < -0.4 is 10.1 Å². The Labute approximate surface area is 162 Å². The van der Waals surface area contributed by atoms with Crippen LogP contribution in [0.3, 0.4) is 0 Å². The van der Waals surface area contributed by atoms with Gasteiger partial charge in [0.15, 0.2) is 0 Å². The number of hydrogen-bond donors (Lipinski definition) is 1. The monoisotopic (exact) mass is 383 g/mol. The largest absolute Gasteiger partial charge is 0.497 e. The zero-order chi connectivity index (χ0) is 20.1. The van der Waals surface area contributed by atoms with Gasteiger partial charge in [0.25, 0.3) is 5.91 Å². The number of amides is 1. The van der Waals surface area contributed by atoms with Gasteiger partial charge in [0, 0.05) is 11.1 Å². The molecule has 0 fully saturated rings. The highest BCUT2D eigenvalue weighted by molar-refractivity contribution is 5.94. The maximum Gasteiger partial charge on any atom is 0.251 e. The summed E-state index contributed by atoms with van der Waals surface area (Å²) in [6.45, 7) is 4.09. The Bertz CT molecular complexity index is 921. The summed E-state index contributed by atoms with van der Waals surface area (Å²) in [6, 6.07) is 12.2. The second kappa shape index (κ2) is 8.65. The molecule has 146 valence electrons. The van der Waals surface area contributed by atoms with Crippen LogP contribution in [0, 0.1) is 11.7 Å². The van der Waals surface area contributed by atoms with Gasteiger partial charge in [-0.2, -0.15) is 4.98 Å². The van der Waals surface area contributed by atoms with Gasteiger partial charge >= 0.3 is 0 Å². The van der Waals surface area contributed by atoms with Gasteiger partial charge in [0.05, 0.1) is 7.11 Å². The van der Waals surface area contributed by atoms with Crippen LogP contribution in [0.25, 0.3) is 11.4 Å². The molecule has 6 nitrogen and oxygen atoms in total. The molecule has 0 radical (unpaired) electrons. The second-order valence-electron chi connectivity index (χ2n) is 6.85. The number of carbonyl (C=O) groups is 1. The Morgan fingerprint density at radius 3 is 2.43 bits per heavy atom. The first kappa shape index (κ1) is 19.5. The lowest BCUT2D eigenvalue weighted by Crippen LogP contribution is -2.29. The van der Waals surface area contributed by atoms with Gasteiger partial charge in [-0.1, -0.05) is 19.0 Å². The van der Waals surface area contributed by atoms with Crippen molar-refractivity contribution in [2.45, 2.75) is 26.3 Å². The Morgan fingerprint density at radius 2 is 1.82 bits per heavy atom. The molecule has 0 aliphatic heterocycles. The molecule has 0 unspecified atom stereocenters. The van der Waals surface area contributed by atoms with Crippen LogP contribution >= 0.6 is 0 Å². The van der Waals surface area contributed by atoms with Crippen LogP contribution in [-0.4, -0.2) is 23.2 Å². The van der Waals surface area contributed by atoms with Gasteiger partial charge in [-0.15, -0.1) is 0 Å². The first-order valence-electron chi connectivity index (χ1n) is 9.00. The molecule has 2 aromatic carbocycles. The lowest BCUT2D eigenvalue weighted by atomic mass is 10.0. The molecule has 3 rings (SSSR count). The molecule has 0 spiro atoms. The van der Waals surface area contributed by atoms with Crippen molar-refractivity contribution in [2.24, 2.45) is 5.92 Å². The molecular formula is C21H22FN3O3. The molecule has 1 atom stereocenters. The molecule has 1 aromatic heterocycles. The molecule has 28 heavy (non-hydrogen) atoms. The van der Waals surface area contributed by atoms with Crippen LogP contribution in [0.4, 0.5) is 4.39 Å². The Morgan fingerprint density at radius 1 is 1.14 bits per heavy atom. The fourth-order valence-corrected chi connectivity index (χ4v) is 2.77. The number of halogens is 1. The number of benzene rings is 2. The highest BCUT2D eigenvalue weighted by Gasteiger charge is 2.23. The van der Waals surface area contributed by atoms with Gasteiger partial charge < -0.3 is 14.6 Å². The van der Waals surface area contributed by atoms with E-state index in [4.69, 9.17) is 9.26 Å². The molecular weight excluding hydrogens is 361 g/mol. The second-order valence-corrected chi connectivity index (χ2v) is 6.85. The van der Waals surface area contributed by atoms with Crippen molar-refractivity contribution < 1.29 is 18.4 Å². The summed E-state index contributed by atoms with van der Waals surface area (Å²) >= 11 is 0. The fraction of sp³-hybridized carbons (Fsp3) is 0.286. The summed E-state index contributed by atoms with van der Waals surface area (Å²) < 4.78 is 23.6. The predicted molar refractivity (Wildman–Crippen MR) is 102 cm³/mol. The zero-order valence-corrected chi connectivity index (χ0v) is 16.0. The molecule has 1 amide bonds. The van der Waals surface area contributed by atoms with Gasteiger partial charge in [-0.05, 0) is 60.9 Å². The van der Waals surface area contributed by atoms with Crippen LogP contribution in [0.1, 0.15) is 42.6 Å². The Balaban J connectivity index is 1.79. The summed E-state index contributed by atoms with van der Waals surface area (Å²) in [5.41, 5.74) is 1.15. The number of nitrogens with zero attached hydrogens (tertiary/aromatic N) is 2. The predicted octanol–water partition coefficient (Wildman–Crippen LogP) is 4.40. The van der Waals surface area contributed by atoms with Crippen LogP contribution in [0.5, 0.6) is 5.75 Å². The van der Waals surface area contributed by atoms with Gasteiger partial charge in [-0.3, -0.25) is 4.79 Å². The normalized spacial score (nSPS) is 12.0. The highest BCUT2D eigenvalue weighted by atomic mass is 19.1. The van der Waals surface area contributed by atoms with Crippen molar-refractivity contribution in [3.63, 3.8) is 0 Å². The quantitative estimate of drug-likeness (QED) is 0.654. The van der Waals surface area contributed by atoms with E-state index < -0.39 is 6.04 Å². The van der Waals surface area contributed by atoms with Crippen molar-refractivity contribution in [2.75, 3.05) is 7.11 Å². The molecule has 3 aromatic rings. The molecule has 1 heterocycles. The molecule has 7 heteroatoms. The summed E-state index contributed by atoms with van der Waals surface area (Å²) in [7, 11) is 1.57. The lowest BCUT2D eigenvalue weighted by Gasteiger charge is -2.17. The minimum absolute atomic E-state index is 0.241. The van der Waals surface area contributed by atoms with E-state index in [0.717, 1.165) is 0 Å². The van der Waals surface area contributed by atoms with E-state index in [-0.39, 0.29) is 11.7 Å². The summed E-state index contributed by atoms with van der Waals surface area (Å²) in [4.78, 5) is 17.0. The number of hydrogen-bond acceptors (Lipinski definition) is 5. The van der Waals surface area contributed by atoms with Crippen LogP contribution in [0.15, 0.2) is 53.1 Å². The molecule has 1 N–H and O–H groups in total. The van der Waals surface area contributed by atoms with Crippen molar-refractivity contribution in [3.05, 3.63) is 65.8 Å². The number of aromatic nitrogens is 2. The van der Waals surface area contributed by atoms with Gasteiger partial charge in [-0.25, -0.2) is 4.39 Å². The number of rotatable bonds is 7. The van der Waals surface area contributed by atoms with Crippen molar-refractivity contribution in [3.8, 4) is 17.1 Å². The smallest absolute Gasteiger partial charge is 0.251 e. The third-order valence-corrected chi connectivity index (χ3v) is 4.21. The fourth-order valence-electron chi connectivity index (χ4n) is 2.77. The molecule has 0 bridgehead atoms. The Hall–Kier alpha value is -3.22. The summed E-state index contributed by atoms with van der Waals surface area (Å²) in [5, 5.41) is 6.93. The van der Waals surface area contributed by atoms with E-state index in [0.29, 0.717) is 40.9 Å². The summed E-state index contributed by atoms with van der Waals surface area (Å²) in [5.74, 6) is 1.06. The highest BCUT2D eigenvalue weighted by Crippen LogP contribution is 2.24. The topological polar surface area (TPSA) is 77.2 Å². The molecule has 0 saturated carbocycles. The number of ether oxygens (including phenoxy) is 1.